The molecule has 4 heterocycles. The molecule has 0 spiro atoms. The van der Waals surface area contributed by atoms with Gasteiger partial charge in [-0.25, -0.2) is 9.97 Å². The molecule has 136 valence electrons. The van der Waals surface area contributed by atoms with E-state index in [1.807, 2.05) is 44.4 Å². The van der Waals surface area contributed by atoms with E-state index in [1.165, 1.54) is 0 Å². The van der Waals surface area contributed by atoms with Crippen LogP contribution in [0.15, 0.2) is 47.4 Å². The Hall–Kier alpha value is -3.62. The summed E-state index contributed by atoms with van der Waals surface area (Å²) in [5.41, 5.74) is 3.42. The molecule has 0 saturated heterocycles. The maximum Gasteiger partial charge on any atom is 0.228 e. The van der Waals surface area contributed by atoms with E-state index in [9.17, 15) is 0 Å². The number of aromatic nitrogens is 7. The van der Waals surface area contributed by atoms with Crippen LogP contribution in [0, 0.1) is 6.92 Å². The summed E-state index contributed by atoms with van der Waals surface area (Å²) < 4.78 is 7.05. The Bertz CT molecular complexity index is 1040. The van der Waals surface area contributed by atoms with Crippen molar-refractivity contribution in [3.63, 3.8) is 0 Å². The number of aryl methyl sites for hydroxylation is 2. The monoisotopic (exact) mass is 362 g/mol. The lowest BCUT2D eigenvalue weighted by atomic mass is 10.2. The second kappa shape index (κ2) is 7.32. The van der Waals surface area contributed by atoms with Crippen molar-refractivity contribution in [1.82, 2.24) is 34.9 Å². The predicted molar refractivity (Wildman–Crippen MR) is 98.7 cm³/mol. The van der Waals surface area contributed by atoms with Crippen LogP contribution in [-0.2, 0) is 13.5 Å². The van der Waals surface area contributed by atoms with Gasteiger partial charge in [0.15, 0.2) is 0 Å². The number of pyridine rings is 1. The van der Waals surface area contributed by atoms with E-state index in [0.717, 1.165) is 17.0 Å². The molecule has 9 heteroatoms. The first-order valence-electron chi connectivity index (χ1n) is 8.50. The van der Waals surface area contributed by atoms with Gasteiger partial charge in [0.25, 0.3) is 0 Å². The van der Waals surface area contributed by atoms with Crippen molar-refractivity contribution in [2.75, 3.05) is 11.9 Å². The third-order valence-corrected chi connectivity index (χ3v) is 3.93. The van der Waals surface area contributed by atoms with Gasteiger partial charge in [-0.3, -0.25) is 9.67 Å². The Balaban J connectivity index is 1.39. The lowest BCUT2D eigenvalue weighted by Gasteiger charge is -2.04. The van der Waals surface area contributed by atoms with Crippen LogP contribution in [0.5, 0.6) is 0 Å². The zero-order valence-electron chi connectivity index (χ0n) is 15.0. The maximum absolute atomic E-state index is 5.28. The molecule has 0 saturated carbocycles. The Morgan fingerprint density at radius 2 is 2.00 bits per heavy atom. The molecule has 0 radical (unpaired) electrons. The minimum absolute atomic E-state index is 0.482. The van der Waals surface area contributed by atoms with E-state index < -0.39 is 0 Å². The molecule has 9 nitrogen and oxygen atoms in total. The Labute approximate surface area is 155 Å². The quantitative estimate of drug-likeness (QED) is 0.557. The third kappa shape index (κ3) is 3.81. The van der Waals surface area contributed by atoms with E-state index in [0.29, 0.717) is 36.3 Å². The van der Waals surface area contributed by atoms with Gasteiger partial charge in [0.2, 0.25) is 17.7 Å². The van der Waals surface area contributed by atoms with E-state index in [4.69, 9.17) is 4.52 Å². The molecule has 1 N–H and O–H groups in total. The van der Waals surface area contributed by atoms with Gasteiger partial charge in [-0.2, -0.15) is 10.1 Å². The van der Waals surface area contributed by atoms with Gasteiger partial charge in [0.05, 0.1) is 11.4 Å². The SMILES string of the molecule is Cc1nn(C)cc1-c1ccnc(NCCc2nc(-c3ccccn3)no2)n1. The highest BCUT2D eigenvalue weighted by atomic mass is 16.5. The van der Waals surface area contributed by atoms with Crippen molar-refractivity contribution in [2.45, 2.75) is 13.3 Å². The van der Waals surface area contributed by atoms with Gasteiger partial charge in [-0.1, -0.05) is 11.2 Å². The van der Waals surface area contributed by atoms with Crippen molar-refractivity contribution < 1.29 is 4.52 Å². The lowest BCUT2D eigenvalue weighted by molar-refractivity contribution is 0.381. The van der Waals surface area contributed by atoms with Crippen molar-refractivity contribution in [1.29, 1.82) is 0 Å². The molecule has 0 aromatic carbocycles. The number of rotatable bonds is 6. The molecule has 0 bridgehead atoms. The molecule has 4 rings (SSSR count). The normalized spacial score (nSPS) is 10.9. The molecule has 0 aliphatic heterocycles. The summed E-state index contributed by atoms with van der Waals surface area (Å²) in [5.74, 6) is 1.55. The lowest BCUT2D eigenvalue weighted by Crippen LogP contribution is -2.08. The fourth-order valence-electron chi connectivity index (χ4n) is 2.68. The van der Waals surface area contributed by atoms with E-state index in [2.05, 4.69) is 35.5 Å². The van der Waals surface area contributed by atoms with Crippen LogP contribution in [-0.4, -0.2) is 41.4 Å². The summed E-state index contributed by atoms with van der Waals surface area (Å²) in [4.78, 5) is 17.4. The molecule has 0 unspecified atom stereocenters. The topological polar surface area (TPSA) is 107 Å². The first-order valence-corrected chi connectivity index (χ1v) is 8.50. The summed E-state index contributed by atoms with van der Waals surface area (Å²) in [6, 6.07) is 7.43. The average Bonchev–Trinajstić information content (AvgIpc) is 3.29. The van der Waals surface area contributed by atoms with E-state index in [-0.39, 0.29) is 0 Å². The standard InChI is InChI=1S/C18H18N8O/c1-12-13(11-26(2)24-12)14-6-9-20-18(22-14)21-10-7-16-23-17(25-27-16)15-5-3-4-8-19-15/h3-6,8-9,11H,7,10H2,1-2H3,(H,20,21,22). The van der Waals surface area contributed by atoms with Crippen molar-refractivity contribution >= 4 is 5.95 Å². The molecule has 0 atom stereocenters. The van der Waals surface area contributed by atoms with Crippen LogP contribution in [0.3, 0.4) is 0 Å². The largest absolute Gasteiger partial charge is 0.354 e. The van der Waals surface area contributed by atoms with Gasteiger partial charge < -0.3 is 9.84 Å². The Kier molecular flexibility index (Phi) is 4.56. The zero-order valence-corrected chi connectivity index (χ0v) is 15.0. The second-order valence-corrected chi connectivity index (χ2v) is 5.97. The number of anilines is 1. The summed E-state index contributed by atoms with van der Waals surface area (Å²) in [6.45, 7) is 2.53. The minimum Gasteiger partial charge on any atom is -0.354 e. The fraction of sp³-hybridized carbons (Fsp3) is 0.222. The molecule has 4 aromatic heterocycles. The van der Waals surface area contributed by atoms with Crippen LogP contribution < -0.4 is 5.32 Å². The molecule has 27 heavy (non-hydrogen) atoms. The number of nitrogens with zero attached hydrogens (tertiary/aromatic N) is 7. The van der Waals surface area contributed by atoms with Crippen LogP contribution in [0.4, 0.5) is 5.95 Å². The zero-order chi connectivity index (χ0) is 18.6. The average molecular weight is 362 g/mol. The first-order chi connectivity index (χ1) is 13.2. The molecule has 4 aromatic rings. The van der Waals surface area contributed by atoms with Crippen molar-refractivity contribution in [2.24, 2.45) is 7.05 Å². The van der Waals surface area contributed by atoms with E-state index >= 15 is 0 Å². The molecule has 0 fully saturated rings. The highest BCUT2D eigenvalue weighted by Crippen LogP contribution is 2.20. The molecule has 0 amide bonds. The van der Waals surface area contributed by atoms with Crippen molar-refractivity contribution in [3.8, 4) is 22.8 Å². The summed E-state index contributed by atoms with van der Waals surface area (Å²) in [6.07, 6.45) is 5.92. The summed E-state index contributed by atoms with van der Waals surface area (Å²) in [5, 5.41) is 11.5. The van der Waals surface area contributed by atoms with Gasteiger partial charge in [-0.05, 0) is 25.1 Å². The molecular weight excluding hydrogens is 344 g/mol. The smallest absolute Gasteiger partial charge is 0.228 e. The van der Waals surface area contributed by atoms with Crippen LogP contribution >= 0.6 is 0 Å². The first kappa shape index (κ1) is 16.8. The Morgan fingerprint density at radius 3 is 2.78 bits per heavy atom. The highest BCUT2D eigenvalue weighted by Gasteiger charge is 2.11. The maximum atomic E-state index is 5.28. The minimum atomic E-state index is 0.482. The van der Waals surface area contributed by atoms with Crippen LogP contribution in [0.25, 0.3) is 22.8 Å². The van der Waals surface area contributed by atoms with Crippen LogP contribution in [0.2, 0.25) is 0 Å². The van der Waals surface area contributed by atoms with Crippen LogP contribution in [0.1, 0.15) is 11.6 Å². The Morgan fingerprint density at radius 1 is 1.07 bits per heavy atom. The number of nitrogens with one attached hydrogen (secondary N) is 1. The number of hydrogen-bond donors (Lipinski definition) is 1. The summed E-state index contributed by atoms with van der Waals surface area (Å²) in [7, 11) is 1.89. The van der Waals surface area contributed by atoms with Gasteiger partial charge in [0, 0.05) is 44.2 Å². The third-order valence-electron chi connectivity index (χ3n) is 3.93. The fourth-order valence-corrected chi connectivity index (χ4v) is 2.68. The molecule has 0 aliphatic rings. The van der Waals surface area contributed by atoms with Gasteiger partial charge >= 0.3 is 0 Å². The predicted octanol–water partition coefficient (Wildman–Crippen LogP) is 2.29. The van der Waals surface area contributed by atoms with Gasteiger partial charge in [0.1, 0.15) is 5.69 Å². The molecular formula is C18H18N8O. The summed E-state index contributed by atoms with van der Waals surface area (Å²) >= 11 is 0. The second-order valence-electron chi connectivity index (χ2n) is 5.97. The number of hydrogen-bond acceptors (Lipinski definition) is 8. The highest BCUT2D eigenvalue weighted by molar-refractivity contribution is 5.61. The molecule has 0 aliphatic carbocycles. The van der Waals surface area contributed by atoms with E-state index in [1.54, 1.807) is 17.1 Å². The van der Waals surface area contributed by atoms with Crippen molar-refractivity contribution in [3.05, 3.63) is 54.4 Å². The van der Waals surface area contributed by atoms with Gasteiger partial charge in [-0.15, -0.1) is 0 Å².